The molecule has 13 nitrogen and oxygen atoms in total. The zero-order chi connectivity index (χ0) is 27.8. The molecule has 2 fully saturated rings. The quantitative estimate of drug-likeness (QED) is 0.571. The molecule has 13 heteroatoms. The van der Waals surface area contributed by atoms with Crippen molar-refractivity contribution in [3.63, 3.8) is 0 Å². The van der Waals surface area contributed by atoms with Gasteiger partial charge in [-0.1, -0.05) is 20.8 Å². The Bertz CT molecular complexity index is 1180. The number of nitrogens with one attached hydrogen (secondary N) is 2. The van der Waals surface area contributed by atoms with E-state index in [-0.39, 0.29) is 31.7 Å². The highest BCUT2D eigenvalue weighted by atomic mass is 16.5. The first kappa shape index (κ1) is 27.1. The van der Waals surface area contributed by atoms with Crippen LogP contribution in [-0.4, -0.2) is 95.7 Å². The van der Waals surface area contributed by atoms with Gasteiger partial charge in [0.05, 0.1) is 25.8 Å². The summed E-state index contributed by atoms with van der Waals surface area (Å²) >= 11 is 0. The van der Waals surface area contributed by atoms with Gasteiger partial charge < -0.3 is 34.6 Å². The number of likely N-dealkylation sites (tertiary alicyclic amines) is 2. The van der Waals surface area contributed by atoms with Crippen LogP contribution in [0, 0.1) is 16.7 Å². The fourth-order valence-corrected chi connectivity index (χ4v) is 5.13. The summed E-state index contributed by atoms with van der Waals surface area (Å²) in [4.78, 5) is 59.5. The van der Waals surface area contributed by atoms with Gasteiger partial charge in [0, 0.05) is 32.7 Å². The molecule has 2 N–H and O–H groups in total. The number of ether oxygens (including phenoxy) is 3. The Kier molecular flexibility index (Phi) is 7.20. The highest BCUT2D eigenvalue weighted by molar-refractivity contribution is 6.01. The van der Waals surface area contributed by atoms with Crippen LogP contribution < -0.4 is 15.4 Å². The van der Waals surface area contributed by atoms with Gasteiger partial charge in [0.15, 0.2) is 11.6 Å². The average molecular weight is 529 g/mol. The van der Waals surface area contributed by atoms with Crippen LogP contribution in [0.1, 0.15) is 33.6 Å². The lowest BCUT2D eigenvalue weighted by atomic mass is 9.85. The standard InChI is InChI=1S/C25H32N6O7/c1-24(2,3)18(28-23(35)37-5)21(33)30-12-15(36-4)9-16(30)20(32)31-13-25(10-14(31)11-26)22(34)29-19-17(38-25)7-6-8-27-19/h6-8,14-16,18H,9-10,12-13H2,1-5H3,(H,28,35)(H,27,29,34)/t14-,15+,16-,18+,25+/m0/s1. The Morgan fingerprint density at radius 2 is 2.05 bits per heavy atom. The number of alkyl carbamates (subject to hydrolysis) is 1. The van der Waals surface area contributed by atoms with Gasteiger partial charge in [-0.15, -0.1) is 0 Å². The summed E-state index contributed by atoms with van der Waals surface area (Å²) in [5.41, 5.74) is -2.17. The van der Waals surface area contributed by atoms with Crippen LogP contribution in [0.4, 0.5) is 10.6 Å². The summed E-state index contributed by atoms with van der Waals surface area (Å²) in [5, 5.41) is 15.2. The number of amides is 4. The SMILES string of the molecule is COC(=O)N[C@H](C(=O)N1C[C@H](OC)C[C@H]1C(=O)N1C[C@@]2(C[C@H]1C#N)Oc1cccnc1NC2=O)C(C)(C)C. The van der Waals surface area contributed by atoms with Crippen LogP contribution in [0.3, 0.4) is 0 Å². The highest BCUT2D eigenvalue weighted by Crippen LogP contribution is 2.40. The molecule has 1 aromatic rings. The van der Waals surface area contributed by atoms with E-state index in [1.807, 2.05) is 0 Å². The second kappa shape index (κ2) is 10.1. The number of aromatic nitrogens is 1. The van der Waals surface area contributed by atoms with Crippen LogP contribution in [0.2, 0.25) is 0 Å². The number of methoxy groups -OCH3 is 2. The van der Waals surface area contributed by atoms with Crippen molar-refractivity contribution in [2.75, 3.05) is 32.6 Å². The van der Waals surface area contributed by atoms with E-state index in [0.29, 0.717) is 5.75 Å². The van der Waals surface area contributed by atoms with Crippen LogP contribution >= 0.6 is 0 Å². The van der Waals surface area contributed by atoms with Gasteiger partial charge in [-0.05, 0) is 17.5 Å². The van der Waals surface area contributed by atoms with Crippen LogP contribution in [0.5, 0.6) is 5.75 Å². The molecule has 0 bridgehead atoms. The lowest BCUT2D eigenvalue weighted by Gasteiger charge is -2.36. The molecule has 0 unspecified atom stereocenters. The van der Waals surface area contributed by atoms with Crippen molar-refractivity contribution in [2.45, 2.75) is 63.4 Å². The fourth-order valence-electron chi connectivity index (χ4n) is 5.13. The third-order valence-corrected chi connectivity index (χ3v) is 7.20. The molecule has 204 valence electrons. The molecule has 0 aliphatic carbocycles. The third kappa shape index (κ3) is 4.83. The molecule has 3 aliphatic heterocycles. The minimum Gasteiger partial charge on any atom is -0.472 e. The molecule has 0 radical (unpaired) electrons. The topological polar surface area (TPSA) is 163 Å². The van der Waals surface area contributed by atoms with E-state index in [9.17, 15) is 24.4 Å². The largest absolute Gasteiger partial charge is 0.472 e. The molecule has 0 saturated carbocycles. The van der Waals surface area contributed by atoms with E-state index in [0.717, 1.165) is 0 Å². The molecule has 2 saturated heterocycles. The van der Waals surface area contributed by atoms with Crippen LogP contribution in [0.15, 0.2) is 18.3 Å². The van der Waals surface area contributed by atoms with E-state index in [1.54, 1.807) is 32.9 Å². The molecular weight excluding hydrogens is 496 g/mol. The Morgan fingerprint density at radius 1 is 1.32 bits per heavy atom. The Hall–Kier alpha value is -3.92. The molecule has 38 heavy (non-hydrogen) atoms. The van der Waals surface area contributed by atoms with Crippen molar-refractivity contribution in [3.05, 3.63) is 18.3 Å². The second-order valence-electron chi connectivity index (χ2n) is 10.8. The highest BCUT2D eigenvalue weighted by Gasteiger charge is 2.57. The first-order chi connectivity index (χ1) is 17.9. The van der Waals surface area contributed by atoms with Gasteiger partial charge in [-0.3, -0.25) is 14.4 Å². The molecule has 1 aromatic heterocycles. The van der Waals surface area contributed by atoms with Gasteiger partial charge in [-0.25, -0.2) is 9.78 Å². The molecule has 3 aliphatic rings. The van der Waals surface area contributed by atoms with Crippen molar-refractivity contribution in [1.29, 1.82) is 5.26 Å². The molecule has 4 rings (SSSR count). The number of hydrogen-bond acceptors (Lipinski definition) is 9. The summed E-state index contributed by atoms with van der Waals surface area (Å²) in [5.74, 6) is -0.862. The van der Waals surface area contributed by atoms with Gasteiger partial charge in [0.25, 0.3) is 5.91 Å². The van der Waals surface area contributed by atoms with Gasteiger partial charge in [0.1, 0.15) is 18.1 Å². The number of carbonyl (C=O) groups excluding carboxylic acids is 4. The van der Waals surface area contributed by atoms with Crippen molar-refractivity contribution in [1.82, 2.24) is 20.1 Å². The third-order valence-electron chi connectivity index (χ3n) is 7.20. The predicted molar refractivity (Wildman–Crippen MR) is 132 cm³/mol. The first-order valence-electron chi connectivity index (χ1n) is 12.3. The normalized spacial score (nSPS) is 27.2. The minimum atomic E-state index is -1.47. The maximum Gasteiger partial charge on any atom is 0.407 e. The first-order valence-corrected chi connectivity index (χ1v) is 12.3. The fraction of sp³-hybridized carbons (Fsp3) is 0.600. The zero-order valence-corrected chi connectivity index (χ0v) is 22.0. The molecule has 4 amide bonds. The van der Waals surface area contributed by atoms with E-state index in [4.69, 9.17) is 14.2 Å². The Balaban J connectivity index is 1.61. The smallest absolute Gasteiger partial charge is 0.407 e. The summed E-state index contributed by atoms with van der Waals surface area (Å²) < 4.78 is 16.2. The molecule has 5 atom stereocenters. The van der Waals surface area contributed by atoms with Gasteiger partial charge in [-0.2, -0.15) is 5.26 Å². The summed E-state index contributed by atoms with van der Waals surface area (Å²) in [6.07, 6.45) is 0.456. The van der Waals surface area contributed by atoms with Gasteiger partial charge in [0.2, 0.25) is 17.4 Å². The van der Waals surface area contributed by atoms with Crippen molar-refractivity contribution < 1.29 is 33.4 Å². The maximum atomic E-state index is 13.9. The number of rotatable bonds is 4. The van der Waals surface area contributed by atoms with Crippen molar-refractivity contribution in [2.24, 2.45) is 5.41 Å². The number of pyridine rings is 1. The summed E-state index contributed by atoms with van der Waals surface area (Å²) in [6.45, 7) is 5.30. The number of carbonyl (C=O) groups is 4. The van der Waals surface area contributed by atoms with Crippen LogP contribution in [0.25, 0.3) is 0 Å². The molecule has 1 spiro atoms. The van der Waals surface area contributed by atoms with E-state index >= 15 is 0 Å². The Morgan fingerprint density at radius 3 is 2.68 bits per heavy atom. The predicted octanol–water partition coefficient (Wildman–Crippen LogP) is 0.662. The van der Waals surface area contributed by atoms with E-state index in [1.165, 1.54) is 30.2 Å². The number of anilines is 1. The number of nitriles is 1. The lowest BCUT2D eigenvalue weighted by Crippen LogP contribution is -2.59. The molecular formula is C25H32N6O7. The average Bonchev–Trinajstić information content (AvgIpc) is 3.49. The maximum absolute atomic E-state index is 13.9. The van der Waals surface area contributed by atoms with E-state index in [2.05, 4.69) is 21.7 Å². The summed E-state index contributed by atoms with van der Waals surface area (Å²) in [7, 11) is 2.69. The number of fused-ring (bicyclic) bond motifs is 1. The number of nitrogens with zero attached hydrogens (tertiary/aromatic N) is 4. The lowest BCUT2D eigenvalue weighted by molar-refractivity contribution is -0.147. The van der Waals surface area contributed by atoms with Crippen molar-refractivity contribution in [3.8, 4) is 11.8 Å². The Labute approximate surface area is 220 Å². The molecule has 4 heterocycles. The second-order valence-corrected chi connectivity index (χ2v) is 10.8. The summed E-state index contributed by atoms with van der Waals surface area (Å²) in [6, 6.07) is 2.49. The van der Waals surface area contributed by atoms with Crippen molar-refractivity contribution >= 4 is 29.6 Å². The monoisotopic (exact) mass is 528 g/mol. The van der Waals surface area contributed by atoms with E-state index < -0.39 is 59.1 Å². The molecule has 0 aromatic carbocycles. The minimum absolute atomic E-state index is 0.0434. The number of hydrogen-bond donors (Lipinski definition) is 2. The van der Waals surface area contributed by atoms with Crippen LogP contribution in [-0.2, 0) is 23.9 Å². The van der Waals surface area contributed by atoms with Gasteiger partial charge >= 0.3 is 6.09 Å². The zero-order valence-electron chi connectivity index (χ0n) is 22.0.